The van der Waals surface area contributed by atoms with Crippen LogP contribution in [0.25, 0.3) is 10.8 Å². The highest BCUT2D eigenvalue weighted by molar-refractivity contribution is 5.88. The molecular formula is C13H7N. The molecule has 0 aromatic heterocycles. The zero-order chi connectivity index (χ0) is 9.80. The van der Waals surface area contributed by atoms with E-state index in [1.807, 2.05) is 48.5 Å². The van der Waals surface area contributed by atoms with Crippen molar-refractivity contribution in [2.75, 3.05) is 0 Å². The molecule has 0 saturated heterocycles. The lowest BCUT2D eigenvalue weighted by Gasteiger charge is -1.98. The van der Waals surface area contributed by atoms with Crippen LogP contribution in [0.4, 0.5) is 0 Å². The average molecular weight is 177 g/mol. The number of benzene rings is 2. The van der Waals surface area contributed by atoms with Gasteiger partial charge in [-0.15, -0.1) is 0 Å². The molecule has 2 aromatic carbocycles. The van der Waals surface area contributed by atoms with Gasteiger partial charge in [0.25, 0.3) is 0 Å². The van der Waals surface area contributed by atoms with Gasteiger partial charge in [-0.1, -0.05) is 42.3 Å². The molecule has 0 aliphatic heterocycles. The standard InChI is InChI=1S/C13H7N/c14-10-4-8-12-7-3-6-11-5-1-2-9-13(11)12/h1-3,5-7,9H. The average Bonchev–Trinajstić information content (AvgIpc) is 2.26. The van der Waals surface area contributed by atoms with Crippen molar-refractivity contribution in [3.63, 3.8) is 0 Å². The van der Waals surface area contributed by atoms with Gasteiger partial charge in [0.15, 0.2) is 6.07 Å². The van der Waals surface area contributed by atoms with Gasteiger partial charge in [0.05, 0.1) is 0 Å². The lowest BCUT2D eigenvalue weighted by Crippen LogP contribution is -1.78. The predicted octanol–water partition coefficient (Wildman–Crippen LogP) is 2.71. The molecule has 0 bridgehead atoms. The molecule has 0 atom stereocenters. The van der Waals surface area contributed by atoms with E-state index in [1.165, 1.54) is 0 Å². The third-order valence-corrected chi connectivity index (χ3v) is 2.04. The molecule has 0 unspecified atom stereocenters. The number of rotatable bonds is 0. The molecule has 0 aliphatic rings. The maximum atomic E-state index is 8.38. The van der Waals surface area contributed by atoms with Gasteiger partial charge >= 0.3 is 0 Å². The molecule has 0 heterocycles. The fourth-order valence-electron chi connectivity index (χ4n) is 1.43. The van der Waals surface area contributed by atoms with E-state index in [0.29, 0.717) is 0 Å². The highest BCUT2D eigenvalue weighted by Crippen LogP contribution is 2.17. The van der Waals surface area contributed by atoms with Crippen molar-refractivity contribution in [2.45, 2.75) is 0 Å². The molecule has 0 saturated carbocycles. The topological polar surface area (TPSA) is 23.8 Å². The summed E-state index contributed by atoms with van der Waals surface area (Å²) in [7, 11) is 0. The SMILES string of the molecule is N#CC#Cc1cccc2ccccc12. The lowest BCUT2D eigenvalue weighted by molar-refractivity contribution is 1.55. The van der Waals surface area contributed by atoms with Gasteiger partial charge < -0.3 is 0 Å². The molecule has 0 amide bonds. The summed E-state index contributed by atoms with van der Waals surface area (Å²) in [5.41, 5.74) is 0.907. The number of hydrogen-bond donors (Lipinski definition) is 0. The summed E-state index contributed by atoms with van der Waals surface area (Å²) in [6.07, 6.45) is 0. The van der Waals surface area contributed by atoms with Gasteiger partial charge in [-0.3, -0.25) is 0 Å². The fraction of sp³-hybridized carbons (Fsp3) is 0. The Kier molecular flexibility index (Phi) is 2.17. The molecule has 0 aliphatic carbocycles. The van der Waals surface area contributed by atoms with Gasteiger partial charge in [0.2, 0.25) is 0 Å². The molecule has 0 fully saturated rings. The van der Waals surface area contributed by atoms with Crippen LogP contribution in [0.2, 0.25) is 0 Å². The maximum absolute atomic E-state index is 8.38. The van der Waals surface area contributed by atoms with E-state index >= 15 is 0 Å². The van der Waals surface area contributed by atoms with Crippen molar-refractivity contribution in [3.05, 3.63) is 48.0 Å². The van der Waals surface area contributed by atoms with Crippen molar-refractivity contribution < 1.29 is 0 Å². The van der Waals surface area contributed by atoms with Crippen molar-refractivity contribution in [1.82, 2.24) is 0 Å². The highest BCUT2D eigenvalue weighted by Gasteiger charge is 1.95. The smallest absolute Gasteiger partial charge is 0.152 e. The van der Waals surface area contributed by atoms with E-state index in [1.54, 1.807) is 0 Å². The highest BCUT2D eigenvalue weighted by atomic mass is 14.2. The van der Waals surface area contributed by atoms with Gasteiger partial charge in [-0.25, -0.2) is 0 Å². The Morgan fingerprint density at radius 3 is 2.57 bits per heavy atom. The monoisotopic (exact) mass is 177 g/mol. The van der Waals surface area contributed by atoms with E-state index in [4.69, 9.17) is 5.26 Å². The zero-order valence-electron chi connectivity index (χ0n) is 7.49. The second-order valence-corrected chi connectivity index (χ2v) is 2.89. The molecule has 14 heavy (non-hydrogen) atoms. The summed E-state index contributed by atoms with van der Waals surface area (Å²) in [5, 5.41) is 10.6. The molecular weight excluding hydrogens is 170 g/mol. The van der Waals surface area contributed by atoms with Crippen molar-refractivity contribution >= 4 is 10.8 Å². The molecule has 0 radical (unpaired) electrons. The van der Waals surface area contributed by atoms with Crippen LogP contribution in [0.5, 0.6) is 0 Å². The van der Waals surface area contributed by atoms with E-state index in [-0.39, 0.29) is 0 Å². The van der Waals surface area contributed by atoms with Crippen LogP contribution in [-0.2, 0) is 0 Å². The van der Waals surface area contributed by atoms with Crippen LogP contribution in [-0.4, -0.2) is 0 Å². The second-order valence-electron chi connectivity index (χ2n) is 2.89. The summed E-state index contributed by atoms with van der Waals surface area (Å²) in [4.78, 5) is 0. The number of fused-ring (bicyclic) bond motifs is 1. The summed E-state index contributed by atoms with van der Waals surface area (Å²) >= 11 is 0. The minimum atomic E-state index is 0.907. The molecule has 1 heteroatoms. The largest absolute Gasteiger partial charge is 0.183 e. The predicted molar refractivity (Wildman–Crippen MR) is 56.4 cm³/mol. The van der Waals surface area contributed by atoms with Crippen LogP contribution in [0.1, 0.15) is 5.56 Å². The Labute approximate surface area is 82.6 Å². The number of hydrogen-bond acceptors (Lipinski definition) is 1. The first-order valence-electron chi connectivity index (χ1n) is 4.29. The van der Waals surface area contributed by atoms with Crippen LogP contribution < -0.4 is 0 Å². The Morgan fingerprint density at radius 2 is 1.71 bits per heavy atom. The third kappa shape index (κ3) is 1.44. The van der Waals surface area contributed by atoms with Crippen LogP contribution in [0.3, 0.4) is 0 Å². The minimum absolute atomic E-state index is 0.907. The van der Waals surface area contributed by atoms with Crippen LogP contribution in [0.15, 0.2) is 42.5 Å². The number of nitriles is 1. The molecule has 2 aromatic rings. The Morgan fingerprint density at radius 1 is 0.929 bits per heavy atom. The Bertz CT molecular complexity index is 560. The Hall–Kier alpha value is -2.25. The van der Waals surface area contributed by atoms with E-state index in [2.05, 4.69) is 11.8 Å². The zero-order valence-corrected chi connectivity index (χ0v) is 7.49. The van der Waals surface area contributed by atoms with Gasteiger partial charge in [-0.05, 0) is 16.8 Å². The minimum Gasteiger partial charge on any atom is -0.183 e. The maximum Gasteiger partial charge on any atom is 0.152 e. The first kappa shape index (κ1) is 8.35. The Balaban J connectivity index is 2.72. The first-order valence-corrected chi connectivity index (χ1v) is 4.29. The lowest BCUT2D eigenvalue weighted by atomic mass is 10.1. The van der Waals surface area contributed by atoms with Crippen molar-refractivity contribution in [2.24, 2.45) is 0 Å². The summed E-state index contributed by atoms with van der Waals surface area (Å²) in [6, 6.07) is 15.7. The summed E-state index contributed by atoms with van der Waals surface area (Å²) in [6.45, 7) is 0. The van der Waals surface area contributed by atoms with Crippen molar-refractivity contribution in [1.29, 1.82) is 5.26 Å². The quantitative estimate of drug-likeness (QED) is 0.567. The normalized spacial score (nSPS) is 8.79. The van der Waals surface area contributed by atoms with E-state index in [9.17, 15) is 0 Å². The molecule has 2 rings (SSSR count). The molecule has 0 spiro atoms. The third-order valence-electron chi connectivity index (χ3n) is 2.04. The van der Waals surface area contributed by atoms with Crippen LogP contribution in [0, 0.1) is 23.2 Å². The van der Waals surface area contributed by atoms with E-state index < -0.39 is 0 Å². The fourth-order valence-corrected chi connectivity index (χ4v) is 1.43. The summed E-state index contributed by atoms with van der Waals surface area (Å²) < 4.78 is 0. The van der Waals surface area contributed by atoms with Crippen molar-refractivity contribution in [3.8, 4) is 17.9 Å². The number of nitrogens with zero attached hydrogens (tertiary/aromatic N) is 1. The molecule has 64 valence electrons. The molecule has 0 N–H and O–H groups in total. The van der Waals surface area contributed by atoms with Crippen LogP contribution >= 0.6 is 0 Å². The van der Waals surface area contributed by atoms with Gasteiger partial charge in [0.1, 0.15) is 0 Å². The first-order chi connectivity index (χ1) is 6.92. The van der Waals surface area contributed by atoms with Gasteiger partial charge in [-0.2, -0.15) is 5.26 Å². The second kappa shape index (κ2) is 3.64. The summed E-state index contributed by atoms with van der Waals surface area (Å²) in [5.74, 6) is 5.24. The van der Waals surface area contributed by atoms with Gasteiger partial charge in [0, 0.05) is 11.5 Å². The van der Waals surface area contributed by atoms with E-state index in [0.717, 1.165) is 16.3 Å². The molecule has 1 nitrogen and oxygen atoms in total.